The van der Waals surface area contributed by atoms with Crippen LogP contribution in [0.4, 0.5) is 4.79 Å². The van der Waals surface area contributed by atoms with Crippen molar-refractivity contribution in [3.63, 3.8) is 0 Å². The highest BCUT2D eigenvalue weighted by Gasteiger charge is 2.34. The van der Waals surface area contributed by atoms with Gasteiger partial charge < -0.3 is 15.2 Å². The van der Waals surface area contributed by atoms with Gasteiger partial charge >= 0.3 is 0 Å². The van der Waals surface area contributed by atoms with E-state index in [1.807, 2.05) is 31.2 Å². The summed E-state index contributed by atoms with van der Waals surface area (Å²) in [7, 11) is 0. The molecule has 30 heavy (non-hydrogen) atoms. The number of imide groups is 1. The first-order chi connectivity index (χ1) is 14.3. The highest BCUT2D eigenvalue weighted by atomic mass is 35.5. The van der Waals surface area contributed by atoms with E-state index < -0.39 is 5.91 Å². The summed E-state index contributed by atoms with van der Waals surface area (Å²) in [6.45, 7) is 2.04. The van der Waals surface area contributed by atoms with E-state index in [9.17, 15) is 14.4 Å². The molecule has 1 heterocycles. The van der Waals surface area contributed by atoms with Crippen molar-refractivity contribution < 1.29 is 23.9 Å². The molecule has 1 aliphatic rings. The molecular formula is C21H19ClN2O5S. The van der Waals surface area contributed by atoms with Gasteiger partial charge in [0, 0.05) is 0 Å². The normalized spacial score (nSPS) is 15.0. The third-order valence-electron chi connectivity index (χ3n) is 4.10. The van der Waals surface area contributed by atoms with Crippen LogP contribution in [0.5, 0.6) is 11.5 Å². The first-order valence-corrected chi connectivity index (χ1v) is 10.2. The Labute approximate surface area is 182 Å². The molecule has 3 amide bonds. The molecule has 1 aliphatic heterocycles. The highest BCUT2D eigenvalue weighted by Crippen LogP contribution is 2.33. The molecule has 0 unspecified atom stereocenters. The number of nitrogens with zero attached hydrogens (tertiary/aromatic N) is 1. The minimum Gasteiger partial charge on any atom is -0.492 e. The molecule has 2 aromatic rings. The van der Waals surface area contributed by atoms with Crippen molar-refractivity contribution in [3.05, 3.63) is 63.5 Å². The Balaban J connectivity index is 1.62. The van der Waals surface area contributed by atoms with E-state index in [4.69, 9.17) is 26.8 Å². The number of nitrogens with two attached hydrogens (primary N) is 1. The van der Waals surface area contributed by atoms with Crippen LogP contribution in [0.25, 0.3) is 6.08 Å². The minimum atomic E-state index is -0.616. The van der Waals surface area contributed by atoms with Gasteiger partial charge in [-0.2, -0.15) is 0 Å². The van der Waals surface area contributed by atoms with E-state index in [-0.39, 0.29) is 40.8 Å². The Bertz CT molecular complexity index is 1010. The second kappa shape index (κ2) is 9.69. The maximum atomic E-state index is 12.6. The molecule has 0 aliphatic carbocycles. The molecule has 156 valence electrons. The zero-order valence-corrected chi connectivity index (χ0v) is 17.7. The van der Waals surface area contributed by atoms with Gasteiger partial charge in [0.2, 0.25) is 0 Å². The van der Waals surface area contributed by atoms with Crippen molar-refractivity contribution in [3.8, 4) is 11.5 Å². The zero-order valence-electron chi connectivity index (χ0n) is 16.1. The number of rotatable bonds is 8. The van der Waals surface area contributed by atoms with Crippen molar-refractivity contribution in [1.82, 2.24) is 4.90 Å². The van der Waals surface area contributed by atoms with Crippen LogP contribution in [0.3, 0.4) is 0 Å². The fraction of sp³-hybridized carbons (Fsp3) is 0.190. The molecule has 9 heteroatoms. The number of halogens is 1. The number of benzene rings is 2. The standard InChI is InChI=1S/C21H19ClN2O5S/c1-13-2-5-15(6-3-13)28-9-8-24-20(26)18(30-21(24)27)11-14-4-7-17(16(22)10-14)29-12-19(23)25/h2-7,10-11H,8-9,12H2,1H3,(H2,23,25). The molecule has 1 saturated heterocycles. The van der Waals surface area contributed by atoms with E-state index in [1.165, 1.54) is 0 Å². The van der Waals surface area contributed by atoms with Gasteiger partial charge in [0.15, 0.2) is 6.61 Å². The number of primary amides is 1. The van der Waals surface area contributed by atoms with E-state index in [1.54, 1.807) is 24.3 Å². The molecule has 7 nitrogen and oxygen atoms in total. The fourth-order valence-corrected chi connectivity index (χ4v) is 3.71. The molecule has 2 N–H and O–H groups in total. The summed E-state index contributed by atoms with van der Waals surface area (Å²) in [6, 6.07) is 12.3. The van der Waals surface area contributed by atoms with Crippen LogP contribution in [0, 0.1) is 6.92 Å². The van der Waals surface area contributed by atoms with Gasteiger partial charge in [0.25, 0.3) is 17.1 Å². The van der Waals surface area contributed by atoms with Gasteiger partial charge in [-0.3, -0.25) is 19.3 Å². The number of carbonyl (C=O) groups excluding carboxylic acids is 3. The van der Waals surface area contributed by atoms with E-state index in [0.717, 1.165) is 22.2 Å². The molecule has 0 aromatic heterocycles. The van der Waals surface area contributed by atoms with Crippen LogP contribution in [-0.4, -0.2) is 41.7 Å². The lowest BCUT2D eigenvalue weighted by atomic mass is 10.2. The predicted molar refractivity (Wildman–Crippen MR) is 115 cm³/mol. The predicted octanol–water partition coefficient (Wildman–Crippen LogP) is 3.63. The van der Waals surface area contributed by atoms with Crippen molar-refractivity contribution in [2.24, 2.45) is 5.73 Å². The zero-order chi connectivity index (χ0) is 21.7. The summed E-state index contributed by atoms with van der Waals surface area (Å²) in [5.74, 6) is -0.0248. The van der Waals surface area contributed by atoms with E-state index in [0.29, 0.717) is 17.1 Å². The number of amides is 3. The summed E-state index contributed by atoms with van der Waals surface area (Å²) in [6.07, 6.45) is 1.58. The second-order valence-electron chi connectivity index (χ2n) is 6.44. The smallest absolute Gasteiger partial charge is 0.293 e. The van der Waals surface area contributed by atoms with Crippen molar-refractivity contribution in [2.45, 2.75) is 6.92 Å². The van der Waals surface area contributed by atoms with Crippen LogP contribution >= 0.6 is 23.4 Å². The first-order valence-electron chi connectivity index (χ1n) is 8.99. The number of thioether (sulfide) groups is 1. The van der Waals surface area contributed by atoms with Crippen LogP contribution in [-0.2, 0) is 9.59 Å². The lowest BCUT2D eigenvalue weighted by Crippen LogP contribution is -2.32. The molecule has 2 aromatic carbocycles. The van der Waals surface area contributed by atoms with Crippen LogP contribution in [0.2, 0.25) is 5.02 Å². The summed E-state index contributed by atoms with van der Waals surface area (Å²) >= 11 is 6.99. The second-order valence-corrected chi connectivity index (χ2v) is 7.84. The van der Waals surface area contributed by atoms with Gasteiger partial charge in [-0.1, -0.05) is 35.4 Å². The average molecular weight is 447 g/mol. The molecule has 0 spiro atoms. The van der Waals surface area contributed by atoms with Gasteiger partial charge in [0.05, 0.1) is 16.5 Å². The minimum absolute atomic E-state index is 0.149. The molecule has 1 fully saturated rings. The summed E-state index contributed by atoms with van der Waals surface area (Å²) in [5, 5.41) is -0.0954. The number of carbonyl (C=O) groups is 3. The van der Waals surface area contributed by atoms with Crippen LogP contribution < -0.4 is 15.2 Å². The molecule has 0 saturated carbocycles. The highest BCUT2D eigenvalue weighted by molar-refractivity contribution is 8.18. The maximum Gasteiger partial charge on any atom is 0.293 e. The van der Waals surface area contributed by atoms with E-state index >= 15 is 0 Å². The molecule has 3 rings (SSSR count). The Hall–Kier alpha value is -2.97. The number of hydrogen-bond donors (Lipinski definition) is 1. The Morgan fingerprint density at radius 3 is 2.57 bits per heavy atom. The summed E-state index contributed by atoms with van der Waals surface area (Å²) in [5.41, 5.74) is 6.78. The molecule has 0 bridgehead atoms. The topological polar surface area (TPSA) is 98.9 Å². The van der Waals surface area contributed by atoms with Gasteiger partial charge in [-0.15, -0.1) is 0 Å². The third kappa shape index (κ3) is 5.55. The Kier molecular flexibility index (Phi) is 7.02. The number of aryl methyl sites for hydroxylation is 1. The third-order valence-corrected chi connectivity index (χ3v) is 5.30. The van der Waals surface area contributed by atoms with Crippen LogP contribution in [0.1, 0.15) is 11.1 Å². The number of hydrogen-bond acceptors (Lipinski definition) is 6. The first kappa shape index (κ1) is 21.7. The monoisotopic (exact) mass is 446 g/mol. The van der Waals surface area contributed by atoms with E-state index in [2.05, 4.69) is 0 Å². The molecule has 0 radical (unpaired) electrons. The van der Waals surface area contributed by atoms with Crippen molar-refractivity contribution in [2.75, 3.05) is 19.8 Å². The Morgan fingerprint density at radius 1 is 1.17 bits per heavy atom. The van der Waals surface area contributed by atoms with Gasteiger partial charge in [-0.05, 0) is 54.6 Å². The lowest BCUT2D eigenvalue weighted by molar-refractivity contribution is -0.123. The van der Waals surface area contributed by atoms with Gasteiger partial charge in [-0.25, -0.2) is 0 Å². The van der Waals surface area contributed by atoms with Gasteiger partial charge in [0.1, 0.15) is 18.1 Å². The fourth-order valence-electron chi connectivity index (χ4n) is 2.61. The molecular weight excluding hydrogens is 428 g/mol. The summed E-state index contributed by atoms with van der Waals surface area (Å²) in [4.78, 5) is 37.1. The quantitative estimate of drug-likeness (QED) is 0.621. The SMILES string of the molecule is Cc1ccc(OCCN2C(=O)SC(=Cc3ccc(OCC(N)=O)c(Cl)c3)C2=O)cc1. The van der Waals surface area contributed by atoms with Crippen molar-refractivity contribution >= 4 is 46.5 Å². The molecule has 0 atom stereocenters. The van der Waals surface area contributed by atoms with Crippen LogP contribution in [0.15, 0.2) is 47.4 Å². The number of ether oxygens (including phenoxy) is 2. The van der Waals surface area contributed by atoms with Crippen molar-refractivity contribution in [1.29, 1.82) is 0 Å². The largest absolute Gasteiger partial charge is 0.492 e. The average Bonchev–Trinajstić information content (AvgIpc) is 2.96. The maximum absolute atomic E-state index is 12.6. The Morgan fingerprint density at radius 2 is 1.90 bits per heavy atom. The lowest BCUT2D eigenvalue weighted by Gasteiger charge is -2.13. The summed E-state index contributed by atoms with van der Waals surface area (Å²) < 4.78 is 10.8.